The highest BCUT2D eigenvalue weighted by molar-refractivity contribution is 6.00. The number of ether oxygens (including phenoxy) is 2. The van der Waals surface area contributed by atoms with Gasteiger partial charge in [-0.2, -0.15) is 0 Å². The number of nitro groups is 1. The Kier molecular flexibility index (Phi) is 9.23. The van der Waals surface area contributed by atoms with Crippen LogP contribution in [0.15, 0.2) is 66.9 Å². The van der Waals surface area contributed by atoms with E-state index in [4.69, 9.17) is 15.2 Å². The minimum absolute atomic E-state index is 0.0635. The molecule has 0 fully saturated rings. The van der Waals surface area contributed by atoms with Crippen LogP contribution in [0.2, 0.25) is 0 Å². The lowest BCUT2D eigenvalue weighted by Crippen LogP contribution is -2.29. The minimum atomic E-state index is -1.61. The molecule has 2 N–H and O–H groups in total. The van der Waals surface area contributed by atoms with E-state index in [0.29, 0.717) is 25.7 Å². The monoisotopic (exact) mass is 478 g/mol. The summed E-state index contributed by atoms with van der Waals surface area (Å²) in [4.78, 5) is 43.5. The van der Waals surface area contributed by atoms with Crippen LogP contribution in [-0.4, -0.2) is 40.0 Å². The highest BCUT2D eigenvalue weighted by Crippen LogP contribution is 2.22. The van der Waals surface area contributed by atoms with Gasteiger partial charge in [0.15, 0.2) is 5.82 Å². The zero-order chi connectivity index (χ0) is 25.0. The number of nitrogens with zero attached hydrogens (tertiary/aromatic N) is 3. The number of hydrogen-bond donors (Lipinski definition) is 1. The predicted molar refractivity (Wildman–Crippen MR) is 127 cm³/mol. The van der Waals surface area contributed by atoms with E-state index >= 15 is 0 Å². The fourth-order valence-electron chi connectivity index (χ4n) is 3.34. The van der Waals surface area contributed by atoms with Crippen LogP contribution in [0.25, 0.3) is 0 Å². The molecule has 0 spiro atoms. The molecule has 0 aliphatic carbocycles. The van der Waals surface area contributed by atoms with Crippen molar-refractivity contribution in [3.05, 3.63) is 93.9 Å². The predicted octanol–water partition coefficient (Wildman–Crippen LogP) is 3.40. The quantitative estimate of drug-likeness (QED) is 0.136. The van der Waals surface area contributed by atoms with Crippen molar-refractivity contribution in [2.24, 2.45) is 0 Å². The van der Waals surface area contributed by atoms with E-state index in [1.807, 2.05) is 60.7 Å². The van der Waals surface area contributed by atoms with Crippen LogP contribution in [0, 0.1) is 10.1 Å². The van der Waals surface area contributed by atoms with Crippen LogP contribution in [-0.2, 0) is 31.9 Å². The minimum Gasteiger partial charge on any atom is -0.465 e. The summed E-state index contributed by atoms with van der Waals surface area (Å²) >= 11 is 0. The summed E-state index contributed by atoms with van der Waals surface area (Å²) in [5.41, 5.74) is 7.28. The highest BCUT2D eigenvalue weighted by Gasteiger charge is 2.35. The SMILES string of the molecule is Nc1nc(C(C(=O)OCCCc2ccccc2)C(=O)OCCCc2ccccc2)ncc1[N+](=O)[O-]. The van der Waals surface area contributed by atoms with Gasteiger partial charge in [-0.3, -0.25) is 19.7 Å². The first kappa shape index (κ1) is 25.3. The number of nitrogens with two attached hydrogens (primary N) is 1. The molecular formula is C25H26N4O6. The van der Waals surface area contributed by atoms with Gasteiger partial charge in [-0.05, 0) is 36.8 Å². The Bertz CT molecular complexity index is 1080. The van der Waals surface area contributed by atoms with Crippen molar-refractivity contribution >= 4 is 23.4 Å². The molecular weight excluding hydrogens is 452 g/mol. The van der Waals surface area contributed by atoms with Crippen LogP contribution in [0.5, 0.6) is 0 Å². The van der Waals surface area contributed by atoms with Gasteiger partial charge in [0.25, 0.3) is 0 Å². The van der Waals surface area contributed by atoms with Crippen LogP contribution in [0.1, 0.15) is 35.7 Å². The smallest absolute Gasteiger partial charge is 0.329 e. The summed E-state index contributed by atoms with van der Waals surface area (Å²) in [6.45, 7) is 0.127. The zero-order valence-corrected chi connectivity index (χ0v) is 19.0. The van der Waals surface area contributed by atoms with E-state index in [-0.39, 0.29) is 19.0 Å². The van der Waals surface area contributed by atoms with Gasteiger partial charge in [0.05, 0.1) is 18.1 Å². The van der Waals surface area contributed by atoms with Gasteiger partial charge in [0, 0.05) is 0 Å². The molecule has 1 aromatic heterocycles. The lowest BCUT2D eigenvalue weighted by atomic mass is 10.1. The number of nitrogen functional groups attached to an aromatic ring is 1. The fraction of sp³-hybridized carbons (Fsp3) is 0.280. The van der Waals surface area contributed by atoms with Gasteiger partial charge in [-0.1, -0.05) is 60.7 Å². The molecule has 35 heavy (non-hydrogen) atoms. The highest BCUT2D eigenvalue weighted by atomic mass is 16.6. The Balaban J connectivity index is 1.63. The van der Waals surface area contributed by atoms with Gasteiger partial charge < -0.3 is 15.2 Å². The van der Waals surface area contributed by atoms with E-state index in [2.05, 4.69) is 9.97 Å². The summed E-state index contributed by atoms with van der Waals surface area (Å²) in [6.07, 6.45) is 3.30. The molecule has 1 heterocycles. The third-order valence-corrected chi connectivity index (χ3v) is 5.14. The Morgan fingerprint density at radius 1 is 0.886 bits per heavy atom. The molecule has 3 rings (SSSR count). The maximum atomic E-state index is 12.8. The van der Waals surface area contributed by atoms with Crippen molar-refractivity contribution in [3.63, 3.8) is 0 Å². The molecule has 182 valence electrons. The van der Waals surface area contributed by atoms with Crippen molar-refractivity contribution in [1.82, 2.24) is 9.97 Å². The molecule has 0 aliphatic rings. The maximum absolute atomic E-state index is 12.8. The fourth-order valence-corrected chi connectivity index (χ4v) is 3.34. The van der Waals surface area contributed by atoms with Crippen LogP contribution in [0.3, 0.4) is 0 Å². The second-order valence-corrected chi connectivity index (χ2v) is 7.70. The van der Waals surface area contributed by atoms with Crippen LogP contribution in [0.4, 0.5) is 11.5 Å². The van der Waals surface area contributed by atoms with Gasteiger partial charge in [-0.25, -0.2) is 9.97 Å². The number of aryl methyl sites for hydroxylation is 2. The Hall–Kier alpha value is -4.34. The van der Waals surface area contributed by atoms with E-state index in [1.54, 1.807) is 0 Å². The molecule has 0 saturated carbocycles. The lowest BCUT2D eigenvalue weighted by Gasteiger charge is -2.15. The molecule has 3 aromatic rings. The number of carbonyl (C=O) groups excluding carboxylic acids is 2. The molecule has 0 amide bonds. The molecule has 0 bridgehead atoms. The second-order valence-electron chi connectivity index (χ2n) is 7.70. The normalized spacial score (nSPS) is 10.7. The van der Waals surface area contributed by atoms with Crippen molar-refractivity contribution in [3.8, 4) is 0 Å². The number of aromatic nitrogens is 2. The maximum Gasteiger partial charge on any atom is 0.329 e. The van der Waals surface area contributed by atoms with E-state index in [9.17, 15) is 19.7 Å². The number of carbonyl (C=O) groups is 2. The molecule has 0 radical (unpaired) electrons. The molecule has 10 heteroatoms. The second kappa shape index (κ2) is 12.8. The third-order valence-electron chi connectivity index (χ3n) is 5.14. The largest absolute Gasteiger partial charge is 0.465 e. The Morgan fingerprint density at radius 2 is 1.37 bits per heavy atom. The van der Waals surface area contributed by atoms with Gasteiger partial charge in [-0.15, -0.1) is 0 Å². The van der Waals surface area contributed by atoms with Crippen molar-refractivity contribution in [2.75, 3.05) is 18.9 Å². The van der Waals surface area contributed by atoms with Gasteiger partial charge in [0.2, 0.25) is 11.7 Å². The standard InChI is InChI=1S/C25H26N4O6/c26-22-20(29(32)33)17-27-23(28-22)21(24(30)34-15-7-13-18-9-3-1-4-10-18)25(31)35-16-8-14-19-11-5-2-6-12-19/h1-6,9-12,17,21H,7-8,13-16H2,(H2,26,27,28). The molecule has 0 aliphatic heterocycles. The number of hydrogen-bond acceptors (Lipinski definition) is 9. The molecule has 0 atom stereocenters. The summed E-state index contributed by atoms with van der Waals surface area (Å²) in [5.74, 6) is -4.18. The number of esters is 2. The van der Waals surface area contributed by atoms with Crippen molar-refractivity contribution in [2.45, 2.75) is 31.6 Å². The molecule has 10 nitrogen and oxygen atoms in total. The van der Waals surface area contributed by atoms with Crippen LogP contribution >= 0.6 is 0 Å². The number of benzene rings is 2. The Labute approximate surface area is 202 Å². The Morgan fingerprint density at radius 3 is 1.80 bits per heavy atom. The zero-order valence-electron chi connectivity index (χ0n) is 19.0. The topological polar surface area (TPSA) is 148 Å². The molecule has 0 unspecified atom stereocenters. The number of rotatable bonds is 12. The summed E-state index contributed by atoms with van der Waals surface area (Å²) in [5, 5.41) is 11.0. The van der Waals surface area contributed by atoms with Crippen molar-refractivity contribution in [1.29, 1.82) is 0 Å². The summed E-state index contributed by atoms with van der Waals surface area (Å²) in [6, 6.07) is 19.3. The first-order chi connectivity index (χ1) is 17.0. The van der Waals surface area contributed by atoms with E-state index in [0.717, 1.165) is 17.3 Å². The van der Waals surface area contributed by atoms with E-state index in [1.165, 1.54) is 0 Å². The summed E-state index contributed by atoms with van der Waals surface area (Å²) in [7, 11) is 0. The lowest BCUT2D eigenvalue weighted by molar-refractivity contribution is -0.384. The molecule has 2 aromatic carbocycles. The van der Waals surface area contributed by atoms with Crippen LogP contribution < -0.4 is 5.73 Å². The van der Waals surface area contributed by atoms with E-state index < -0.39 is 34.3 Å². The average Bonchev–Trinajstić information content (AvgIpc) is 2.86. The summed E-state index contributed by atoms with van der Waals surface area (Å²) < 4.78 is 10.6. The first-order valence-electron chi connectivity index (χ1n) is 11.1. The third kappa shape index (κ3) is 7.60. The van der Waals surface area contributed by atoms with Gasteiger partial charge >= 0.3 is 17.6 Å². The van der Waals surface area contributed by atoms with Crippen molar-refractivity contribution < 1.29 is 24.0 Å². The number of anilines is 1. The van der Waals surface area contributed by atoms with Gasteiger partial charge in [0.1, 0.15) is 6.20 Å². The molecule has 0 saturated heterocycles. The first-order valence-corrected chi connectivity index (χ1v) is 11.1. The average molecular weight is 479 g/mol.